The van der Waals surface area contributed by atoms with Gasteiger partial charge in [-0.15, -0.1) is 18.3 Å². The molecule has 0 saturated heterocycles. The molecule has 88 valence electrons. The van der Waals surface area contributed by atoms with Gasteiger partial charge in [0.25, 0.3) is 0 Å². The van der Waals surface area contributed by atoms with Gasteiger partial charge < -0.3 is 4.74 Å². The van der Waals surface area contributed by atoms with Crippen LogP contribution in [0.3, 0.4) is 0 Å². The third kappa shape index (κ3) is 5.26. The Balaban J connectivity index is 4.59. The van der Waals surface area contributed by atoms with E-state index in [0.717, 1.165) is 0 Å². The summed E-state index contributed by atoms with van der Waals surface area (Å²) in [5.41, 5.74) is -0.0891. The van der Waals surface area contributed by atoms with Crippen molar-refractivity contribution in [3.63, 3.8) is 0 Å². The van der Waals surface area contributed by atoms with Gasteiger partial charge in [0.2, 0.25) is 0 Å². The normalized spacial score (nSPS) is 15.5. The van der Waals surface area contributed by atoms with Gasteiger partial charge in [-0.3, -0.25) is 4.79 Å². The predicted octanol–water partition coefficient (Wildman–Crippen LogP) is 3.27. The smallest absolute Gasteiger partial charge is 0.319 e. The molecule has 0 heterocycles. The van der Waals surface area contributed by atoms with Gasteiger partial charge >= 0.3 is 5.97 Å². The molecule has 15 heavy (non-hydrogen) atoms. The first kappa shape index (κ1) is 14.6. The summed E-state index contributed by atoms with van der Waals surface area (Å²) in [5.74, 6) is -0.122. The van der Waals surface area contributed by atoms with E-state index in [4.69, 9.17) is 4.74 Å². The van der Waals surface area contributed by atoms with Crippen molar-refractivity contribution in [2.24, 2.45) is 5.41 Å². The highest BCUT2D eigenvalue weighted by Gasteiger charge is 2.33. The van der Waals surface area contributed by atoms with Crippen LogP contribution in [-0.4, -0.2) is 23.1 Å². The van der Waals surface area contributed by atoms with Crippen LogP contribution in [0.25, 0.3) is 0 Å². The first-order valence-electron chi connectivity index (χ1n) is 5.27. The number of carbonyl (C=O) groups is 1. The van der Waals surface area contributed by atoms with Gasteiger partial charge in [0.15, 0.2) is 0 Å². The maximum Gasteiger partial charge on any atom is 0.319 e. The molecule has 3 heteroatoms. The second-order valence-electron chi connectivity index (χ2n) is 4.58. The lowest BCUT2D eigenvalue weighted by Crippen LogP contribution is -2.34. The number of hydrogen-bond donors (Lipinski definition) is 0. The molecule has 0 aliphatic heterocycles. The molecule has 2 atom stereocenters. The number of carbonyl (C=O) groups excluding carboxylic acids is 1. The van der Waals surface area contributed by atoms with Gasteiger partial charge in [-0.25, -0.2) is 0 Å². The van der Waals surface area contributed by atoms with Crippen LogP contribution < -0.4 is 0 Å². The standard InChI is InChI=1S/C12H22O2S/c1-7-9(3)15-10(12(4,5)6)11(13)14-8-2/h7,9-10H,1,8H2,2-6H3. The topological polar surface area (TPSA) is 26.3 Å². The van der Waals surface area contributed by atoms with E-state index in [-0.39, 0.29) is 21.9 Å². The molecule has 0 fully saturated rings. The van der Waals surface area contributed by atoms with Crippen molar-refractivity contribution in [2.45, 2.75) is 45.1 Å². The molecule has 0 aromatic rings. The molecule has 0 radical (unpaired) electrons. The van der Waals surface area contributed by atoms with Crippen molar-refractivity contribution in [3.8, 4) is 0 Å². The van der Waals surface area contributed by atoms with E-state index in [1.165, 1.54) is 0 Å². The minimum Gasteiger partial charge on any atom is -0.465 e. The first-order chi connectivity index (χ1) is 6.82. The summed E-state index contributed by atoms with van der Waals surface area (Å²) >= 11 is 1.61. The van der Waals surface area contributed by atoms with Gasteiger partial charge in [0.05, 0.1) is 6.61 Å². The van der Waals surface area contributed by atoms with Crippen LogP contribution >= 0.6 is 11.8 Å². The van der Waals surface area contributed by atoms with Crippen LogP contribution in [0.1, 0.15) is 34.6 Å². The summed E-state index contributed by atoms with van der Waals surface area (Å²) in [6.07, 6.45) is 1.85. The van der Waals surface area contributed by atoms with Gasteiger partial charge in [-0.2, -0.15) is 0 Å². The van der Waals surface area contributed by atoms with Crippen molar-refractivity contribution < 1.29 is 9.53 Å². The van der Waals surface area contributed by atoms with Crippen molar-refractivity contribution in [2.75, 3.05) is 6.61 Å². The molecular weight excluding hydrogens is 208 g/mol. The second kappa shape index (κ2) is 6.21. The Bertz CT molecular complexity index is 218. The van der Waals surface area contributed by atoms with Crippen LogP contribution in [0.5, 0.6) is 0 Å². The lowest BCUT2D eigenvalue weighted by molar-refractivity contribution is -0.144. The quantitative estimate of drug-likeness (QED) is 0.535. The van der Waals surface area contributed by atoms with E-state index < -0.39 is 0 Å². The molecule has 0 N–H and O–H groups in total. The van der Waals surface area contributed by atoms with E-state index in [1.807, 2.05) is 19.9 Å². The Morgan fingerprint density at radius 3 is 2.40 bits per heavy atom. The zero-order chi connectivity index (χ0) is 12.1. The predicted molar refractivity (Wildman–Crippen MR) is 67.1 cm³/mol. The number of hydrogen-bond acceptors (Lipinski definition) is 3. The number of ether oxygens (including phenoxy) is 1. The summed E-state index contributed by atoms with van der Waals surface area (Å²) < 4.78 is 5.08. The van der Waals surface area contributed by atoms with E-state index >= 15 is 0 Å². The fraction of sp³-hybridized carbons (Fsp3) is 0.750. The minimum absolute atomic E-state index is 0.0891. The van der Waals surface area contributed by atoms with Crippen LogP contribution in [0.2, 0.25) is 0 Å². The summed E-state index contributed by atoms with van der Waals surface area (Å²) in [6.45, 7) is 14.2. The van der Waals surface area contributed by atoms with Gasteiger partial charge in [-0.1, -0.05) is 26.8 Å². The average Bonchev–Trinajstić information content (AvgIpc) is 2.12. The summed E-state index contributed by atoms with van der Waals surface area (Å²) in [5, 5.41) is 0.129. The van der Waals surface area contributed by atoms with E-state index in [1.54, 1.807) is 11.8 Å². The van der Waals surface area contributed by atoms with E-state index in [9.17, 15) is 4.79 Å². The largest absolute Gasteiger partial charge is 0.465 e. The van der Waals surface area contributed by atoms with Gasteiger partial charge in [0, 0.05) is 5.25 Å². The fourth-order valence-corrected chi connectivity index (χ4v) is 2.23. The molecule has 0 amide bonds. The second-order valence-corrected chi connectivity index (χ2v) is 6.06. The minimum atomic E-state index is -0.134. The first-order valence-corrected chi connectivity index (χ1v) is 6.21. The van der Waals surface area contributed by atoms with Crippen molar-refractivity contribution >= 4 is 17.7 Å². The average molecular weight is 230 g/mol. The van der Waals surface area contributed by atoms with Crippen molar-refractivity contribution in [1.29, 1.82) is 0 Å². The molecule has 0 saturated carbocycles. The highest BCUT2D eigenvalue weighted by atomic mass is 32.2. The van der Waals surface area contributed by atoms with Gasteiger partial charge in [0.1, 0.15) is 5.25 Å². The molecule has 0 aromatic heterocycles. The lowest BCUT2D eigenvalue weighted by atomic mass is 9.92. The third-order valence-electron chi connectivity index (χ3n) is 1.97. The van der Waals surface area contributed by atoms with Crippen LogP contribution in [-0.2, 0) is 9.53 Å². The Labute approximate surface area is 97.5 Å². The van der Waals surface area contributed by atoms with Crippen LogP contribution in [0.15, 0.2) is 12.7 Å². The SMILES string of the molecule is C=CC(C)SC(C(=O)OCC)C(C)(C)C. The molecule has 0 rings (SSSR count). The highest BCUT2D eigenvalue weighted by molar-refractivity contribution is 8.01. The molecule has 0 aliphatic rings. The summed E-state index contributed by atoms with van der Waals surface area (Å²) in [7, 11) is 0. The lowest BCUT2D eigenvalue weighted by Gasteiger charge is -2.29. The van der Waals surface area contributed by atoms with Crippen LogP contribution in [0, 0.1) is 5.41 Å². The Morgan fingerprint density at radius 1 is 1.53 bits per heavy atom. The summed E-state index contributed by atoms with van der Waals surface area (Å²) in [6, 6.07) is 0. The Kier molecular flexibility index (Phi) is 6.03. The van der Waals surface area contributed by atoms with Gasteiger partial charge in [-0.05, 0) is 19.3 Å². The number of thioether (sulfide) groups is 1. The molecule has 0 spiro atoms. The van der Waals surface area contributed by atoms with Crippen LogP contribution in [0.4, 0.5) is 0 Å². The highest BCUT2D eigenvalue weighted by Crippen LogP contribution is 2.34. The Morgan fingerprint density at radius 2 is 2.07 bits per heavy atom. The summed E-state index contributed by atoms with van der Waals surface area (Å²) in [4.78, 5) is 11.8. The van der Waals surface area contributed by atoms with Crippen molar-refractivity contribution in [3.05, 3.63) is 12.7 Å². The molecule has 2 nitrogen and oxygen atoms in total. The third-order valence-corrected chi connectivity index (χ3v) is 3.76. The maximum atomic E-state index is 11.8. The van der Waals surface area contributed by atoms with E-state index in [2.05, 4.69) is 27.4 Å². The molecule has 0 aliphatic carbocycles. The maximum absolute atomic E-state index is 11.8. The molecule has 0 aromatic carbocycles. The fourth-order valence-electron chi connectivity index (χ4n) is 1.10. The molecule has 2 unspecified atom stereocenters. The Hall–Kier alpha value is -0.440. The van der Waals surface area contributed by atoms with Crippen molar-refractivity contribution in [1.82, 2.24) is 0 Å². The molecular formula is C12H22O2S. The molecule has 0 bridgehead atoms. The number of esters is 1. The monoisotopic (exact) mass is 230 g/mol. The zero-order valence-electron chi connectivity index (χ0n) is 10.4. The number of rotatable bonds is 5. The zero-order valence-corrected chi connectivity index (χ0v) is 11.2. The van der Waals surface area contributed by atoms with E-state index in [0.29, 0.717) is 6.61 Å².